The van der Waals surface area contributed by atoms with Gasteiger partial charge in [-0.25, -0.2) is 4.98 Å². The zero-order chi connectivity index (χ0) is 13.9. The maximum Gasteiger partial charge on any atom is 0.237 e. The summed E-state index contributed by atoms with van der Waals surface area (Å²) in [6.45, 7) is 4.89. The van der Waals surface area contributed by atoms with Gasteiger partial charge in [0.25, 0.3) is 0 Å². The molecule has 1 fully saturated rings. The molecule has 0 aliphatic heterocycles. The van der Waals surface area contributed by atoms with Crippen LogP contribution >= 0.6 is 0 Å². The molecular weight excluding hydrogens is 250 g/mol. The summed E-state index contributed by atoms with van der Waals surface area (Å²) in [6.07, 6.45) is 6.01. The van der Waals surface area contributed by atoms with Crippen LogP contribution in [0.3, 0.4) is 0 Å². The molecule has 1 aliphatic carbocycles. The first-order valence-electron chi connectivity index (χ1n) is 6.99. The van der Waals surface area contributed by atoms with Crippen molar-refractivity contribution in [3.05, 3.63) is 47.4 Å². The first kappa shape index (κ1) is 13.1. The van der Waals surface area contributed by atoms with E-state index in [2.05, 4.69) is 35.2 Å². The number of aromatic nitrogens is 2. The Morgan fingerprint density at radius 1 is 1.10 bits per heavy atom. The van der Waals surface area contributed by atoms with Crippen molar-refractivity contribution >= 4 is 0 Å². The second-order valence-corrected chi connectivity index (χ2v) is 5.43. The highest BCUT2D eigenvalue weighted by atomic mass is 16.5. The molecule has 0 atom stereocenters. The standard InChI is InChI=1S/C16H19N3O/c1-11-5-12(2)7-15(6-11)20-16-10-18-14(9-19-16)8-17-13-3-4-13/h5-7,9-10,13,17H,3-4,8H2,1-2H3. The lowest BCUT2D eigenvalue weighted by Crippen LogP contribution is -2.16. The Balaban J connectivity index is 1.64. The fourth-order valence-corrected chi connectivity index (χ4v) is 2.14. The summed E-state index contributed by atoms with van der Waals surface area (Å²) in [4.78, 5) is 8.68. The van der Waals surface area contributed by atoms with E-state index in [1.54, 1.807) is 12.4 Å². The first-order valence-corrected chi connectivity index (χ1v) is 6.99. The zero-order valence-corrected chi connectivity index (χ0v) is 11.9. The fourth-order valence-electron chi connectivity index (χ4n) is 2.14. The van der Waals surface area contributed by atoms with E-state index in [0.717, 1.165) is 18.0 Å². The quantitative estimate of drug-likeness (QED) is 0.906. The second kappa shape index (κ2) is 5.59. The van der Waals surface area contributed by atoms with Crippen molar-refractivity contribution in [3.8, 4) is 11.6 Å². The van der Waals surface area contributed by atoms with Gasteiger partial charge in [-0.15, -0.1) is 0 Å². The van der Waals surface area contributed by atoms with E-state index in [9.17, 15) is 0 Å². The van der Waals surface area contributed by atoms with Gasteiger partial charge < -0.3 is 10.1 Å². The highest BCUT2D eigenvalue weighted by Gasteiger charge is 2.20. The van der Waals surface area contributed by atoms with Crippen molar-refractivity contribution in [1.29, 1.82) is 0 Å². The minimum absolute atomic E-state index is 0.533. The van der Waals surface area contributed by atoms with Crippen LogP contribution in [0.25, 0.3) is 0 Å². The van der Waals surface area contributed by atoms with Crippen LogP contribution in [0.5, 0.6) is 11.6 Å². The smallest absolute Gasteiger partial charge is 0.237 e. The molecule has 0 saturated heterocycles. The first-order chi connectivity index (χ1) is 9.69. The van der Waals surface area contributed by atoms with Crippen LogP contribution in [0, 0.1) is 13.8 Å². The van der Waals surface area contributed by atoms with E-state index in [1.165, 1.54) is 24.0 Å². The summed E-state index contributed by atoms with van der Waals surface area (Å²) in [5.74, 6) is 1.34. The number of benzene rings is 1. The average Bonchev–Trinajstić information content (AvgIpc) is 3.21. The highest BCUT2D eigenvalue weighted by molar-refractivity contribution is 5.35. The molecule has 4 nitrogen and oxygen atoms in total. The van der Waals surface area contributed by atoms with Crippen molar-refractivity contribution in [2.75, 3.05) is 0 Å². The number of nitrogens with one attached hydrogen (secondary N) is 1. The molecule has 104 valence electrons. The summed E-state index contributed by atoms with van der Waals surface area (Å²) in [7, 11) is 0. The second-order valence-electron chi connectivity index (χ2n) is 5.43. The molecule has 1 heterocycles. The maximum absolute atomic E-state index is 5.74. The van der Waals surface area contributed by atoms with Gasteiger partial charge in [0, 0.05) is 12.6 Å². The van der Waals surface area contributed by atoms with Gasteiger partial charge in [0.1, 0.15) is 5.75 Å². The van der Waals surface area contributed by atoms with Gasteiger partial charge in [-0.2, -0.15) is 0 Å². The third-order valence-electron chi connectivity index (χ3n) is 3.25. The number of hydrogen-bond acceptors (Lipinski definition) is 4. The van der Waals surface area contributed by atoms with Gasteiger partial charge in [0.2, 0.25) is 5.88 Å². The molecule has 0 bridgehead atoms. The summed E-state index contributed by atoms with van der Waals surface area (Å²) >= 11 is 0. The third-order valence-corrected chi connectivity index (χ3v) is 3.25. The predicted molar refractivity (Wildman–Crippen MR) is 77.9 cm³/mol. The molecule has 1 N–H and O–H groups in total. The lowest BCUT2D eigenvalue weighted by atomic mass is 10.1. The van der Waals surface area contributed by atoms with Crippen LogP contribution in [0.15, 0.2) is 30.6 Å². The summed E-state index contributed by atoms with van der Waals surface area (Å²) in [5.41, 5.74) is 3.31. The Morgan fingerprint density at radius 3 is 2.45 bits per heavy atom. The topological polar surface area (TPSA) is 47.0 Å². The Morgan fingerprint density at radius 2 is 1.85 bits per heavy atom. The lowest BCUT2D eigenvalue weighted by molar-refractivity contribution is 0.458. The van der Waals surface area contributed by atoms with Crippen molar-refractivity contribution in [2.24, 2.45) is 0 Å². The number of rotatable bonds is 5. The van der Waals surface area contributed by atoms with Crippen molar-refractivity contribution in [3.63, 3.8) is 0 Å². The van der Waals surface area contributed by atoms with Gasteiger partial charge in [-0.05, 0) is 49.9 Å². The normalized spacial score (nSPS) is 14.3. The molecule has 0 amide bonds. The zero-order valence-electron chi connectivity index (χ0n) is 11.9. The van der Waals surface area contributed by atoms with E-state index in [1.807, 2.05) is 12.1 Å². The molecular formula is C16H19N3O. The van der Waals surface area contributed by atoms with E-state index in [4.69, 9.17) is 4.74 Å². The largest absolute Gasteiger partial charge is 0.437 e. The number of aryl methyl sites for hydroxylation is 2. The lowest BCUT2D eigenvalue weighted by Gasteiger charge is -2.07. The minimum Gasteiger partial charge on any atom is -0.437 e. The molecule has 1 aromatic carbocycles. The Bertz CT molecular complexity index is 571. The van der Waals surface area contributed by atoms with Crippen LogP contribution in [0.1, 0.15) is 29.7 Å². The Hall–Kier alpha value is -1.94. The van der Waals surface area contributed by atoms with Crippen LogP contribution in [0.4, 0.5) is 0 Å². The summed E-state index contributed by atoms with van der Waals surface area (Å²) < 4.78 is 5.74. The number of ether oxygens (including phenoxy) is 1. The average molecular weight is 269 g/mol. The Kier molecular flexibility index (Phi) is 3.65. The fraction of sp³-hybridized carbons (Fsp3) is 0.375. The molecule has 1 aromatic heterocycles. The molecule has 1 saturated carbocycles. The van der Waals surface area contributed by atoms with Crippen LogP contribution in [-0.2, 0) is 6.54 Å². The van der Waals surface area contributed by atoms with Crippen molar-refractivity contribution < 1.29 is 4.74 Å². The van der Waals surface area contributed by atoms with E-state index in [0.29, 0.717) is 11.9 Å². The highest BCUT2D eigenvalue weighted by Crippen LogP contribution is 2.22. The van der Waals surface area contributed by atoms with Gasteiger partial charge in [-0.1, -0.05) is 6.07 Å². The SMILES string of the molecule is Cc1cc(C)cc(Oc2cnc(CNC3CC3)cn2)c1. The third kappa shape index (κ3) is 3.54. The number of hydrogen-bond donors (Lipinski definition) is 1. The van der Waals surface area contributed by atoms with Crippen molar-refractivity contribution in [1.82, 2.24) is 15.3 Å². The van der Waals surface area contributed by atoms with E-state index < -0.39 is 0 Å². The number of nitrogens with zero attached hydrogens (tertiary/aromatic N) is 2. The van der Waals surface area contributed by atoms with Gasteiger partial charge in [-0.3, -0.25) is 4.98 Å². The molecule has 4 heteroatoms. The Labute approximate surface area is 119 Å². The molecule has 3 rings (SSSR count). The monoisotopic (exact) mass is 269 g/mol. The van der Waals surface area contributed by atoms with Gasteiger partial charge in [0.05, 0.1) is 18.1 Å². The van der Waals surface area contributed by atoms with Crippen molar-refractivity contribution in [2.45, 2.75) is 39.3 Å². The van der Waals surface area contributed by atoms with Gasteiger partial charge in [0.15, 0.2) is 0 Å². The molecule has 0 unspecified atom stereocenters. The summed E-state index contributed by atoms with van der Waals surface area (Å²) in [5, 5.41) is 3.41. The van der Waals surface area contributed by atoms with Crippen LogP contribution in [-0.4, -0.2) is 16.0 Å². The predicted octanol–water partition coefficient (Wildman–Crippen LogP) is 3.14. The van der Waals surface area contributed by atoms with Gasteiger partial charge >= 0.3 is 0 Å². The molecule has 0 radical (unpaired) electrons. The maximum atomic E-state index is 5.74. The molecule has 0 spiro atoms. The summed E-state index contributed by atoms with van der Waals surface area (Å²) in [6, 6.07) is 6.79. The van der Waals surface area contributed by atoms with E-state index >= 15 is 0 Å². The van der Waals surface area contributed by atoms with Crippen LogP contribution < -0.4 is 10.1 Å². The molecule has 2 aromatic rings. The van der Waals surface area contributed by atoms with Crippen LogP contribution in [0.2, 0.25) is 0 Å². The minimum atomic E-state index is 0.533. The molecule has 1 aliphatic rings. The molecule has 20 heavy (non-hydrogen) atoms. The van der Waals surface area contributed by atoms with E-state index in [-0.39, 0.29) is 0 Å².